The van der Waals surface area contributed by atoms with Gasteiger partial charge in [-0.25, -0.2) is 5.43 Å². The summed E-state index contributed by atoms with van der Waals surface area (Å²) in [5, 5.41) is 0.649. The van der Waals surface area contributed by atoms with Crippen molar-refractivity contribution in [2.75, 3.05) is 7.11 Å². The molecule has 21 heavy (non-hydrogen) atoms. The van der Waals surface area contributed by atoms with E-state index in [9.17, 15) is 0 Å². The van der Waals surface area contributed by atoms with Gasteiger partial charge in [0.2, 0.25) is 0 Å². The van der Waals surface area contributed by atoms with Gasteiger partial charge in [0.15, 0.2) is 0 Å². The fourth-order valence-corrected chi connectivity index (χ4v) is 2.85. The number of methoxy groups -OCH3 is 1. The summed E-state index contributed by atoms with van der Waals surface area (Å²) in [7, 11) is 1.64. The van der Waals surface area contributed by atoms with E-state index in [0.29, 0.717) is 18.2 Å². The quantitative estimate of drug-likeness (QED) is 0.673. The van der Waals surface area contributed by atoms with Crippen LogP contribution in [0.1, 0.15) is 28.3 Å². The highest BCUT2D eigenvalue weighted by Crippen LogP contribution is 2.33. The predicted octanol–water partition coefficient (Wildman–Crippen LogP) is 2.93. The Hall–Kier alpha value is -1.59. The van der Waals surface area contributed by atoms with E-state index in [4.69, 9.17) is 26.9 Å². The molecule has 0 spiro atoms. The molecule has 1 heterocycles. The van der Waals surface area contributed by atoms with Crippen molar-refractivity contribution in [3.63, 3.8) is 0 Å². The average molecular weight is 305 g/mol. The summed E-state index contributed by atoms with van der Waals surface area (Å²) in [4.78, 5) is 0. The van der Waals surface area contributed by atoms with Crippen LogP contribution in [0, 0.1) is 0 Å². The van der Waals surface area contributed by atoms with Gasteiger partial charge in [-0.3, -0.25) is 5.84 Å². The first-order chi connectivity index (χ1) is 10.2. The summed E-state index contributed by atoms with van der Waals surface area (Å²) in [6.07, 6.45) is 0. The molecule has 0 saturated heterocycles. The maximum Gasteiger partial charge on any atom is 0.124 e. The molecular formula is C16H17ClN2O2. The van der Waals surface area contributed by atoms with Crippen LogP contribution in [0.15, 0.2) is 36.4 Å². The number of nitrogens with one attached hydrogen (secondary N) is 1. The molecule has 3 rings (SSSR count). The largest absolute Gasteiger partial charge is 0.496 e. The fourth-order valence-electron chi connectivity index (χ4n) is 2.67. The Balaban J connectivity index is 2.04. The molecule has 0 aliphatic carbocycles. The number of fused-ring (bicyclic) bond motifs is 1. The maximum atomic E-state index is 6.11. The summed E-state index contributed by atoms with van der Waals surface area (Å²) in [6.45, 7) is 1.32. The monoisotopic (exact) mass is 304 g/mol. The fraction of sp³-hybridized carbons (Fsp3) is 0.250. The van der Waals surface area contributed by atoms with Gasteiger partial charge in [-0.2, -0.15) is 0 Å². The van der Waals surface area contributed by atoms with Gasteiger partial charge < -0.3 is 9.47 Å². The molecule has 110 valence electrons. The standard InChI is InChI=1S/C16H17ClN2O2/c1-20-15-5-4-13(17)7-14(15)16(19-18)10-2-3-11-8-21-9-12(11)6-10/h2-7,16,19H,8-9,18H2,1H3. The normalized spacial score (nSPS) is 14.8. The van der Waals surface area contributed by atoms with Crippen LogP contribution >= 0.6 is 11.6 Å². The van der Waals surface area contributed by atoms with Crippen molar-refractivity contribution in [1.82, 2.24) is 5.43 Å². The first-order valence-electron chi connectivity index (χ1n) is 6.72. The molecular weight excluding hydrogens is 288 g/mol. The molecule has 0 radical (unpaired) electrons. The van der Waals surface area contributed by atoms with Crippen molar-refractivity contribution in [2.45, 2.75) is 19.3 Å². The Morgan fingerprint density at radius 1 is 1.19 bits per heavy atom. The average Bonchev–Trinajstić information content (AvgIpc) is 2.96. The summed E-state index contributed by atoms with van der Waals surface area (Å²) in [5.41, 5.74) is 7.25. The lowest BCUT2D eigenvalue weighted by Crippen LogP contribution is -2.29. The van der Waals surface area contributed by atoms with E-state index >= 15 is 0 Å². The molecule has 0 fully saturated rings. The second-order valence-electron chi connectivity index (χ2n) is 5.01. The van der Waals surface area contributed by atoms with Crippen LogP contribution in [0.2, 0.25) is 5.02 Å². The Labute approximate surface area is 128 Å². The molecule has 1 atom stereocenters. The number of hydrogen-bond donors (Lipinski definition) is 2. The van der Waals surface area contributed by atoms with Gasteiger partial charge in [-0.05, 0) is 34.9 Å². The number of nitrogens with two attached hydrogens (primary N) is 1. The molecule has 0 saturated carbocycles. The Kier molecular flexibility index (Phi) is 4.12. The van der Waals surface area contributed by atoms with Crippen LogP contribution in [-0.4, -0.2) is 7.11 Å². The third kappa shape index (κ3) is 2.76. The summed E-state index contributed by atoms with van der Waals surface area (Å²) >= 11 is 6.11. The van der Waals surface area contributed by atoms with Gasteiger partial charge in [0.1, 0.15) is 5.75 Å². The smallest absolute Gasteiger partial charge is 0.124 e. The number of benzene rings is 2. The maximum absolute atomic E-state index is 6.11. The van der Waals surface area contributed by atoms with E-state index in [1.165, 1.54) is 11.1 Å². The second kappa shape index (κ2) is 6.03. The van der Waals surface area contributed by atoms with Crippen LogP contribution in [0.5, 0.6) is 5.75 Å². The highest BCUT2D eigenvalue weighted by molar-refractivity contribution is 6.30. The number of hydrazine groups is 1. The molecule has 1 aliphatic heterocycles. The molecule has 1 aliphatic rings. The highest BCUT2D eigenvalue weighted by atomic mass is 35.5. The van der Waals surface area contributed by atoms with Gasteiger partial charge >= 0.3 is 0 Å². The van der Waals surface area contributed by atoms with Crippen LogP contribution in [-0.2, 0) is 18.0 Å². The lowest BCUT2D eigenvalue weighted by molar-refractivity contribution is 0.134. The lowest BCUT2D eigenvalue weighted by Gasteiger charge is -2.20. The Morgan fingerprint density at radius 3 is 2.76 bits per heavy atom. The van der Waals surface area contributed by atoms with E-state index in [1.807, 2.05) is 12.1 Å². The van der Waals surface area contributed by atoms with Gasteiger partial charge in [-0.15, -0.1) is 0 Å². The summed E-state index contributed by atoms with van der Waals surface area (Å²) in [6, 6.07) is 11.6. The van der Waals surface area contributed by atoms with Crippen molar-refractivity contribution >= 4 is 11.6 Å². The zero-order valence-corrected chi connectivity index (χ0v) is 12.5. The molecule has 0 bridgehead atoms. The van der Waals surface area contributed by atoms with Gasteiger partial charge in [-0.1, -0.05) is 29.8 Å². The molecule has 2 aromatic rings. The Morgan fingerprint density at radius 2 is 2.00 bits per heavy atom. The third-order valence-corrected chi connectivity index (χ3v) is 3.98. The predicted molar refractivity (Wildman–Crippen MR) is 82.1 cm³/mol. The minimum atomic E-state index is -0.190. The second-order valence-corrected chi connectivity index (χ2v) is 5.44. The zero-order valence-electron chi connectivity index (χ0n) is 11.7. The lowest BCUT2D eigenvalue weighted by atomic mass is 9.95. The van der Waals surface area contributed by atoms with E-state index < -0.39 is 0 Å². The molecule has 5 heteroatoms. The number of rotatable bonds is 4. The Bertz CT molecular complexity index is 661. The molecule has 0 aromatic heterocycles. The first kappa shape index (κ1) is 14.4. The van der Waals surface area contributed by atoms with E-state index in [0.717, 1.165) is 16.9 Å². The van der Waals surface area contributed by atoms with E-state index in [2.05, 4.69) is 23.6 Å². The zero-order chi connectivity index (χ0) is 14.8. The van der Waals surface area contributed by atoms with Crippen LogP contribution in [0.4, 0.5) is 0 Å². The van der Waals surface area contributed by atoms with Crippen molar-refractivity contribution in [1.29, 1.82) is 0 Å². The van der Waals surface area contributed by atoms with Crippen LogP contribution in [0.3, 0.4) is 0 Å². The molecule has 0 amide bonds. The summed E-state index contributed by atoms with van der Waals surface area (Å²) in [5.74, 6) is 6.52. The van der Waals surface area contributed by atoms with Gasteiger partial charge in [0.05, 0.1) is 26.4 Å². The van der Waals surface area contributed by atoms with Crippen LogP contribution < -0.4 is 16.0 Å². The minimum absolute atomic E-state index is 0.190. The summed E-state index contributed by atoms with van der Waals surface area (Å²) < 4.78 is 10.9. The van der Waals surface area contributed by atoms with Gasteiger partial charge in [0, 0.05) is 10.6 Å². The van der Waals surface area contributed by atoms with E-state index in [1.54, 1.807) is 13.2 Å². The van der Waals surface area contributed by atoms with Gasteiger partial charge in [0.25, 0.3) is 0 Å². The molecule has 4 nitrogen and oxygen atoms in total. The van der Waals surface area contributed by atoms with Crippen molar-refractivity contribution < 1.29 is 9.47 Å². The topological polar surface area (TPSA) is 56.5 Å². The van der Waals surface area contributed by atoms with Crippen molar-refractivity contribution in [2.24, 2.45) is 5.84 Å². The van der Waals surface area contributed by atoms with Crippen LogP contribution in [0.25, 0.3) is 0 Å². The molecule has 1 unspecified atom stereocenters. The highest BCUT2D eigenvalue weighted by Gasteiger charge is 2.20. The number of ether oxygens (including phenoxy) is 2. The third-order valence-electron chi connectivity index (χ3n) is 3.75. The van der Waals surface area contributed by atoms with Crippen molar-refractivity contribution in [3.05, 3.63) is 63.7 Å². The first-order valence-corrected chi connectivity index (χ1v) is 7.09. The number of halogens is 1. The van der Waals surface area contributed by atoms with E-state index in [-0.39, 0.29) is 6.04 Å². The van der Waals surface area contributed by atoms with Crippen molar-refractivity contribution in [3.8, 4) is 5.75 Å². The molecule has 3 N–H and O–H groups in total. The minimum Gasteiger partial charge on any atom is -0.496 e. The SMILES string of the molecule is COc1ccc(Cl)cc1C(NN)c1ccc2c(c1)COC2. The molecule has 2 aromatic carbocycles. The number of hydrogen-bond acceptors (Lipinski definition) is 4.